The van der Waals surface area contributed by atoms with Crippen molar-refractivity contribution in [3.05, 3.63) is 86.7 Å². The summed E-state index contributed by atoms with van der Waals surface area (Å²) in [5.74, 6) is 1.47. The molecule has 0 N–H and O–H groups in total. The van der Waals surface area contributed by atoms with E-state index >= 15 is 0 Å². The van der Waals surface area contributed by atoms with Crippen LogP contribution in [0.4, 0.5) is 0 Å². The number of thiazole rings is 1. The summed E-state index contributed by atoms with van der Waals surface area (Å²) in [4.78, 5) is 5.63. The van der Waals surface area contributed by atoms with Crippen LogP contribution in [0.5, 0.6) is 11.5 Å². The first-order chi connectivity index (χ1) is 14.8. The second-order valence-corrected chi connectivity index (χ2v) is 8.00. The summed E-state index contributed by atoms with van der Waals surface area (Å²) in [6.45, 7) is 0.592. The summed E-state index contributed by atoms with van der Waals surface area (Å²) >= 11 is 3.20. The van der Waals surface area contributed by atoms with Crippen LogP contribution in [0.25, 0.3) is 11.3 Å². The number of ether oxygens (including phenoxy) is 2. The molecule has 5 nitrogen and oxygen atoms in total. The zero-order chi connectivity index (χ0) is 20.8. The van der Waals surface area contributed by atoms with E-state index in [4.69, 9.17) is 19.6 Å². The molecule has 0 amide bonds. The number of hydrogen-bond donors (Lipinski definition) is 0. The third-order valence-electron chi connectivity index (χ3n) is 4.48. The van der Waals surface area contributed by atoms with Gasteiger partial charge in [0.15, 0.2) is 0 Å². The maximum Gasteiger partial charge on any atom is 0.206 e. The molecule has 0 aliphatic rings. The highest BCUT2D eigenvalue weighted by atomic mass is 32.1. The molecule has 0 aliphatic carbocycles. The van der Waals surface area contributed by atoms with E-state index in [9.17, 15) is 0 Å². The van der Waals surface area contributed by atoms with Gasteiger partial charge >= 0.3 is 0 Å². The highest BCUT2D eigenvalue weighted by Gasteiger charge is 2.13. The van der Waals surface area contributed by atoms with Crippen molar-refractivity contribution in [1.82, 2.24) is 4.68 Å². The Morgan fingerprint density at radius 2 is 1.87 bits per heavy atom. The molecule has 0 spiro atoms. The van der Waals surface area contributed by atoms with Gasteiger partial charge in [-0.1, -0.05) is 30.3 Å². The first-order valence-corrected chi connectivity index (χ1v) is 11.1. The van der Waals surface area contributed by atoms with E-state index in [1.807, 2.05) is 58.7 Å². The molecule has 0 fully saturated rings. The quantitative estimate of drug-likeness (QED) is 0.371. The van der Waals surface area contributed by atoms with Crippen LogP contribution >= 0.6 is 22.7 Å². The van der Waals surface area contributed by atoms with Crippen molar-refractivity contribution in [3.8, 4) is 22.8 Å². The lowest BCUT2D eigenvalue weighted by Gasteiger charge is -2.10. The van der Waals surface area contributed by atoms with E-state index in [1.54, 1.807) is 36.9 Å². The smallest absolute Gasteiger partial charge is 0.206 e. The number of aromatic nitrogens is 1. The van der Waals surface area contributed by atoms with Gasteiger partial charge in [-0.25, -0.2) is 4.68 Å². The van der Waals surface area contributed by atoms with E-state index in [2.05, 4.69) is 22.9 Å². The van der Waals surface area contributed by atoms with Crippen molar-refractivity contribution in [2.24, 2.45) is 10.1 Å². The Labute approximate surface area is 183 Å². The van der Waals surface area contributed by atoms with E-state index < -0.39 is 0 Å². The maximum atomic E-state index is 5.62. The standard InChI is InChI=1S/C23H21N3O2S2/c1-27-19-8-9-20(22(12-19)28-2)21-16-30-23(24-13-17-6-4-3-5-7-17)26(21)25-14-18-10-11-29-15-18/h3-12,14-16H,13H2,1-2H3. The molecular weight excluding hydrogens is 414 g/mol. The van der Waals surface area contributed by atoms with Crippen LogP contribution in [0.2, 0.25) is 0 Å². The Bertz CT molecular complexity index is 1190. The van der Waals surface area contributed by atoms with Gasteiger partial charge in [0.1, 0.15) is 11.5 Å². The van der Waals surface area contributed by atoms with Gasteiger partial charge in [0.05, 0.1) is 32.7 Å². The van der Waals surface area contributed by atoms with Crippen molar-refractivity contribution in [1.29, 1.82) is 0 Å². The maximum absolute atomic E-state index is 5.62. The van der Waals surface area contributed by atoms with Gasteiger partial charge in [-0.2, -0.15) is 16.4 Å². The molecule has 152 valence electrons. The van der Waals surface area contributed by atoms with E-state index in [1.165, 1.54) is 0 Å². The lowest BCUT2D eigenvalue weighted by molar-refractivity contribution is 0.395. The molecule has 0 bridgehead atoms. The Balaban J connectivity index is 1.80. The van der Waals surface area contributed by atoms with Gasteiger partial charge in [0.25, 0.3) is 0 Å². The minimum absolute atomic E-state index is 0.592. The molecule has 4 aromatic rings. The van der Waals surface area contributed by atoms with Crippen LogP contribution in [0.1, 0.15) is 11.1 Å². The number of hydrogen-bond acceptors (Lipinski definition) is 6. The number of benzene rings is 2. The van der Waals surface area contributed by atoms with Crippen LogP contribution in [0, 0.1) is 0 Å². The summed E-state index contributed by atoms with van der Waals surface area (Å²) in [6, 6.07) is 18.0. The zero-order valence-electron chi connectivity index (χ0n) is 16.7. The fourth-order valence-corrected chi connectivity index (χ4v) is 4.37. The molecular formula is C23H21N3O2S2. The molecule has 0 unspecified atom stereocenters. The number of methoxy groups -OCH3 is 2. The van der Waals surface area contributed by atoms with Crippen LogP contribution in [0.3, 0.4) is 0 Å². The largest absolute Gasteiger partial charge is 0.497 e. The van der Waals surface area contributed by atoms with Crippen LogP contribution in [-0.2, 0) is 6.54 Å². The average Bonchev–Trinajstić information content (AvgIpc) is 3.46. The third kappa shape index (κ3) is 4.53. The monoisotopic (exact) mass is 435 g/mol. The van der Waals surface area contributed by atoms with Crippen LogP contribution in [0.15, 0.2) is 80.8 Å². The minimum Gasteiger partial charge on any atom is -0.497 e. The van der Waals surface area contributed by atoms with Crippen molar-refractivity contribution in [2.45, 2.75) is 6.54 Å². The summed E-state index contributed by atoms with van der Waals surface area (Å²) in [6.07, 6.45) is 1.85. The average molecular weight is 436 g/mol. The SMILES string of the molecule is COc1ccc(-c2csc(=NCc3ccccc3)n2N=Cc2ccsc2)c(OC)c1. The lowest BCUT2D eigenvalue weighted by Crippen LogP contribution is -2.12. The predicted molar refractivity (Wildman–Crippen MR) is 124 cm³/mol. The van der Waals surface area contributed by atoms with Crippen molar-refractivity contribution in [2.75, 3.05) is 14.2 Å². The van der Waals surface area contributed by atoms with Crippen molar-refractivity contribution in [3.63, 3.8) is 0 Å². The molecule has 7 heteroatoms. The number of nitrogens with zero attached hydrogens (tertiary/aromatic N) is 3. The van der Waals surface area contributed by atoms with Gasteiger partial charge < -0.3 is 9.47 Å². The molecule has 0 saturated carbocycles. The molecule has 0 aliphatic heterocycles. The Hall–Kier alpha value is -3.16. The fourth-order valence-electron chi connectivity index (χ4n) is 2.93. The molecule has 0 radical (unpaired) electrons. The summed E-state index contributed by atoms with van der Waals surface area (Å²) < 4.78 is 12.8. The first-order valence-electron chi connectivity index (χ1n) is 9.32. The predicted octanol–water partition coefficient (Wildman–Crippen LogP) is 5.28. The number of thiophene rings is 1. The van der Waals surface area contributed by atoms with Gasteiger partial charge in [-0.05, 0) is 34.5 Å². The highest BCUT2D eigenvalue weighted by molar-refractivity contribution is 7.08. The van der Waals surface area contributed by atoms with Gasteiger partial charge in [-0.15, -0.1) is 11.3 Å². The Morgan fingerprint density at radius 1 is 1.00 bits per heavy atom. The van der Waals surface area contributed by atoms with Gasteiger partial charge in [0, 0.05) is 22.6 Å². The molecule has 30 heavy (non-hydrogen) atoms. The van der Waals surface area contributed by atoms with Crippen molar-refractivity contribution < 1.29 is 9.47 Å². The Kier molecular flexibility index (Phi) is 6.41. The molecule has 2 aromatic heterocycles. The molecule has 2 heterocycles. The molecule has 4 rings (SSSR count). The second-order valence-electron chi connectivity index (χ2n) is 6.38. The number of rotatable bonds is 7. The minimum atomic E-state index is 0.592. The first kappa shape index (κ1) is 20.1. The van der Waals surface area contributed by atoms with Gasteiger partial charge in [0.2, 0.25) is 4.80 Å². The van der Waals surface area contributed by atoms with Crippen molar-refractivity contribution >= 4 is 28.9 Å². The highest BCUT2D eigenvalue weighted by Crippen LogP contribution is 2.33. The van der Waals surface area contributed by atoms with Crippen LogP contribution < -0.4 is 14.3 Å². The fraction of sp³-hybridized carbons (Fsp3) is 0.130. The summed E-state index contributed by atoms with van der Waals surface area (Å²) in [5, 5.41) is 10.9. The molecule has 0 saturated heterocycles. The topological polar surface area (TPSA) is 48.1 Å². The summed E-state index contributed by atoms with van der Waals surface area (Å²) in [7, 11) is 3.30. The lowest BCUT2D eigenvalue weighted by atomic mass is 10.1. The van der Waals surface area contributed by atoms with E-state index in [-0.39, 0.29) is 0 Å². The van der Waals surface area contributed by atoms with Gasteiger partial charge in [-0.3, -0.25) is 4.99 Å². The normalized spacial score (nSPS) is 11.9. The molecule has 0 atom stereocenters. The second kappa shape index (κ2) is 9.56. The van der Waals surface area contributed by atoms with Crippen LogP contribution in [-0.4, -0.2) is 25.1 Å². The summed E-state index contributed by atoms with van der Waals surface area (Å²) in [5.41, 5.74) is 4.05. The van der Waals surface area contributed by atoms with E-state index in [0.717, 1.165) is 38.7 Å². The Morgan fingerprint density at radius 3 is 2.60 bits per heavy atom. The molecule has 2 aromatic carbocycles. The van der Waals surface area contributed by atoms with E-state index in [0.29, 0.717) is 6.54 Å². The zero-order valence-corrected chi connectivity index (χ0v) is 18.3. The third-order valence-corrected chi connectivity index (χ3v) is 6.03.